The lowest BCUT2D eigenvalue weighted by molar-refractivity contribution is 0.414. The molecule has 0 spiro atoms. The molecule has 2 heterocycles. The summed E-state index contributed by atoms with van der Waals surface area (Å²) in [6.07, 6.45) is 1.17. The van der Waals surface area contributed by atoms with Crippen LogP contribution in [0.15, 0.2) is 36.9 Å². The van der Waals surface area contributed by atoms with Crippen LogP contribution in [0.4, 0.5) is 0 Å². The van der Waals surface area contributed by atoms with E-state index >= 15 is 0 Å². The van der Waals surface area contributed by atoms with Crippen molar-refractivity contribution in [3.8, 4) is 0 Å². The summed E-state index contributed by atoms with van der Waals surface area (Å²) in [5.41, 5.74) is 1.47. The highest BCUT2D eigenvalue weighted by atomic mass is 32.1. The minimum atomic E-state index is 0.177. The molecule has 1 aliphatic rings. The van der Waals surface area contributed by atoms with Crippen LogP contribution < -0.4 is 10.6 Å². The molecule has 1 aliphatic heterocycles. The Hall–Kier alpha value is -1.16. The van der Waals surface area contributed by atoms with Crippen LogP contribution >= 0.6 is 11.3 Å². The van der Waals surface area contributed by atoms with E-state index in [0.29, 0.717) is 0 Å². The highest BCUT2D eigenvalue weighted by Crippen LogP contribution is 2.42. The average Bonchev–Trinajstić information content (AvgIpc) is 3.11. The van der Waals surface area contributed by atoms with Gasteiger partial charge in [-0.2, -0.15) is 0 Å². The minimum Gasteiger partial charge on any atom is -0.316 e. The molecule has 1 saturated heterocycles. The van der Waals surface area contributed by atoms with Gasteiger partial charge in [-0.1, -0.05) is 31.7 Å². The van der Waals surface area contributed by atoms with Gasteiger partial charge in [0.2, 0.25) is 0 Å². The average molecular weight is 286 g/mol. The summed E-state index contributed by atoms with van der Waals surface area (Å²) in [5.74, 6) is 0. The second kappa shape index (κ2) is 5.68. The number of rotatable bonds is 5. The predicted molar refractivity (Wildman–Crippen MR) is 89.3 cm³/mol. The van der Waals surface area contributed by atoms with Crippen molar-refractivity contribution in [1.29, 1.82) is 0 Å². The summed E-state index contributed by atoms with van der Waals surface area (Å²) in [6, 6.07) is 10.9. The zero-order valence-corrected chi connectivity index (χ0v) is 12.9. The Kier molecular flexibility index (Phi) is 3.92. The molecule has 20 heavy (non-hydrogen) atoms. The monoisotopic (exact) mass is 286 g/mol. The van der Waals surface area contributed by atoms with Crippen molar-refractivity contribution in [3.05, 3.63) is 41.8 Å². The van der Waals surface area contributed by atoms with E-state index in [9.17, 15) is 0 Å². The standard InChI is InChI=1S/C17H22N2S/c1-3-18-11-17(8-9-19-12-17)13(2)16-10-14-6-4-5-7-15(14)20-16/h4-7,10,18-19H,2-3,8-9,11-12H2,1H3. The first-order valence-electron chi connectivity index (χ1n) is 7.35. The third kappa shape index (κ3) is 2.41. The van der Waals surface area contributed by atoms with Crippen molar-refractivity contribution in [2.45, 2.75) is 13.3 Å². The first-order chi connectivity index (χ1) is 9.75. The van der Waals surface area contributed by atoms with Gasteiger partial charge in [0.15, 0.2) is 0 Å². The largest absolute Gasteiger partial charge is 0.316 e. The van der Waals surface area contributed by atoms with Crippen molar-refractivity contribution in [1.82, 2.24) is 10.6 Å². The van der Waals surface area contributed by atoms with Gasteiger partial charge in [0.1, 0.15) is 0 Å². The Morgan fingerprint density at radius 2 is 2.30 bits per heavy atom. The van der Waals surface area contributed by atoms with E-state index in [1.165, 1.54) is 27.0 Å². The molecular formula is C17H22N2S. The van der Waals surface area contributed by atoms with Gasteiger partial charge in [0.25, 0.3) is 0 Å². The molecule has 106 valence electrons. The van der Waals surface area contributed by atoms with Crippen molar-refractivity contribution in [2.24, 2.45) is 5.41 Å². The maximum Gasteiger partial charge on any atom is 0.0349 e. The molecule has 1 aromatic carbocycles. The molecule has 2 N–H and O–H groups in total. The van der Waals surface area contributed by atoms with E-state index in [0.717, 1.165) is 26.2 Å². The van der Waals surface area contributed by atoms with Crippen LogP contribution in [0.3, 0.4) is 0 Å². The van der Waals surface area contributed by atoms with E-state index in [1.807, 2.05) is 11.3 Å². The van der Waals surface area contributed by atoms with Crippen molar-refractivity contribution >= 4 is 27.0 Å². The number of hydrogen-bond acceptors (Lipinski definition) is 3. The summed E-state index contributed by atoms with van der Waals surface area (Å²) in [5, 5.41) is 8.36. The quantitative estimate of drug-likeness (QED) is 0.879. The fourth-order valence-corrected chi connectivity index (χ4v) is 4.17. The molecule has 1 aromatic heterocycles. The van der Waals surface area contributed by atoms with Crippen LogP contribution in [0.2, 0.25) is 0 Å². The summed E-state index contributed by atoms with van der Waals surface area (Å²) in [6.45, 7) is 10.8. The fraction of sp³-hybridized carbons (Fsp3) is 0.412. The van der Waals surface area contributed by atoms with Gasteiger partial charge in [0.05, 0.1) is 0 Å². The van der Waals surface area contributed by atoms with Crippen LogP contribution in [-0.2, 0) is 0 Å². The molecule has 1 unspecified atom stereocenters. The van der Waals surface area contributed by atoms with Crippen molar-refractivity contribution in [3.63, 3.8) is 0 Å². The van der Waals surface area contributed by atoms with Gasteiger partial charge in [-0.05, 0) is 42.6 Å². The summed E-state index contributed by atoms with van der Waals surface area (Å²) in [4.78, 5) is 1.34. The molecule has 2 aromatic rings. The third-order valence-corrected chi connectivity index (χ3v) is 5.50. The molecule has 0 aliphatic carbocycles. The predicted octanol–water partition coefficient (Wildman–Crippen LogP) is 3.50. The van der Waals surface area contributed by atoms with Crippen LogP contribution in [-0.4, -0.2) is 26.2 Å². The van der Waals surface area contributed by atoms with Crippen molar-refractivity contribution < 1.29 is 0 Å². The van der Waals surface area contributed by atoms with E-state index in [4.69, 9.17) is 0 Å². The normalized spacial score (nSPS) is 22.4. The lowest BCUT2D eigenvalue weighted by atomic mass is 9.79. The van der Waals surface area contributed by atoms with Gasteiger partial charge in [-0.25, -0.2) is 0 Å². The molecule has 0 radical (unpaired) electrons. The lowest BCUT2D eigenvalue weighted by Gasteiger charge is -2.30. The van der Waals surface area contributed by atoms with Gasteiger partial charge in [-0.3, -0.25) is 0 Å². The van der Waals surface area contributed by atoms with Crippen molar-refractivity contribution in [2.75, 3.05) is 26.2 Å². The zero-order valence-electron chi connectivity index (χ0n) is 12.0. The number of thiophene rings is 1. The molecule has 0 bridgehead atoms. The first kappa shape index (κ1) is 13.8. The van der Waals surface area contributed by atoms with Crippen LogP contribution in [0, 0.1) is 5.41 Å². The Morgan fingerprint density at radius 1 is 1.45 bits per heavy atom. The van der Waals surface area contributed by atoms with Gasteiger partial charge >= 0.3 is 0 Å². The van der Waals surface area contributed by atoms with Gasteiger partial charge < -0.3 is 10.6 Å². The van der Waals surface area contributed by atoms with Crippen LogP contribution in [0.5, 0.6) is 0 Å². The second-order valence-corrected chi connectivity index (χ2v) is 6.70. The molecule has 1 atom stereocenters. The van der Waals surface area contributed by atoms with E-state index < -0.39 is 0 Å². The molecule has 3 rings (SSSR count). The molecular weight excluding hydrogens is 264 g/mol. The Morgan fingerprint density at radius 3 is 3.00 bits per heavy atom. The smallest absolute Gasteiger partial charge is 0.0349 e. The van der Waals surface area contributed by atoms with E-state index in [2.05, 4.69) is 54.5 Å². The molecule has 0 saturated carbocycles. The van der Waals surface area contributed by atoms with Crippen LogP contribution in [0.25, 0.3) is 15.7 Å². The molecule has 3 heteroatoms. The molecule has 1 fully saturated rings. The lowest BCUT2D eigenvalue weighted by Crippen LogP contribution is -2.36. The highest BCUT2D eigenvalue weighted by Gasteiger charge is 2.37. The van der Waals surface area contributed by atoms with E-state index in [-0.39, 0.29) is 5.41 Å². The summed E-state index contributed by atoms with van der Waals surface area (Å²) < 4.78 is 1.35. The maximum atomic E-state index is 4.46. The topological polar surface area (TPSA) is 24.1 Å². The highest BCUT2D eigenvalue weighted by molar-refractivity contribution is 7.20. The maximum absolute atomic E-state index is 4.46. The second-order valence-electron chi connectivity index (χ2n) is 5.61. The number of hydrogen-bond donors (Lipinski definition) is 2. The Balaban J connectivity index is 1.92. The number of nitrogens with one attached hydrogen (secondary N) is 2. The third-order valence-electron chi connectivity index (χ3n) is 4.32. The Bertz CT molecular complexity index is 575. The molecule has 0 amide bonds. The first-order valence-corrected chi connectivity index (χ1v) is 8.16. The number of benzene rings is 1. The zero-order chi connectivity index (χ0) is 14.0. The van der Waals surface area contributed by atoms with Gasteiger partial charge in [-0.15, -0.1) is 11.3 Å². The SMILES string of the molecule is C=C(c1cc2ccccc2s1)C1(CNCC)CCNC1. The van der Waals surface area contributed by atoms with E-state index in [1.54, 1.807) is 0 Å². The van der Waals surface area contributed by atoms with Gasteiger partial charge in [0, 0.05) is 28.1 Å². The number of fused-ring (bicyclic) bond motifs is 1. The minimum absolute atomic E-state index is 0.177. The van der Waals surface area contributed by atoms with Crippen LogP contribution in [0.1, 0.15) is 18.2 Å². The fourth-order valence-electron chi connectivity index (χ4n) is 3.02. The Labute approximate surface area is 124 Å². The summed E-state index contributed by atoms with van der Waals surface area (Å²) >= 11 is 1.87. The molecule has 2 nitrogen and oxygen atoms in total. The summed E-state index contributed by atoms with van der Waals surface area (Å²) in [7, 11) is 0.